The van der Waals surface area contributed by atoms with E-state index in [-0.39, 0.29) is 11.9 Å². The maximum absolute atomic E-state index is 12.9. The van der Waals surface area contributed by atoms with Crippen molar-refractivity contribution >= 4 is 11.6 Å². The fraction of sp³-hybridized carbons (Fsp3) is 0.333. The number of hydrogen-bond acceptors (Lipinski definition) is 5. The second-order valence-electron chi connectivity index (χ2n) is 6.96. The molecule has 146 valence electrons. The summed E-state index contributed by atoms with van der Waals surface area (Å²) in [4.78, 5) is 17.1. The minimum Gasteiger partial charge on any atom is -0.497 e. The lowest BCUT2D eigenvalue weighted by atomic mass is 10.1. The van der Waals surface area contributed by atoms with Crippen LogP contribution < -0.4 is 9.64 Å². The second kappa shape index (κ2) is 7.80. The molecule has 1 saturated heterocycles. The van der Waals surface area contributed by atoms with E-state index in [1.165, 1.54) is 0 Å². The highest BCUT2D eigenvalue weighted by Gasteiger charge is 2.29. The summed E-state index contributed by atoms with van der Waals surface area (Å²) in [5, 5.41) is 4.16. The zero-order valence-corrected chi connectivity index (χ0v) is 16.1. The Bertz CT molecular complexity index is 918. The zero-order valence-electron chi connectivity index (χ0n) is 16.1. The van der Waals surface area contributed by atoms with Crippen molar-refractivity contribution in [1.82, 2.24) is 14.7 Å². The van der Waals surface area contributed by atoms with Gasteiger partial charge in [-0.25, -0.2) is 0 Å². The van der Waals surface area contributed by atoms with Crippen LogP contribution in [-0.4, -0.2) is 53.4 Å². The van der Waals surface area contributed by atoms with Crippen molar-refractivity contribution in [2.24, 2.45) is 0 Å². The molecule has 0 aliphatic carbocycles. The van der Waals surface area contributed by atoms with Gasteiger partial charge in [0.15, 0.2) is 5.76 Å². The summed E-state index contributed by atoms with van der Waals surface area (Å²) in [5.41, 5.74) is 1.14. The van der Waals surface area contributed by atoms with Crippen LogP contribution in [0.4, 0.5) is 5.69 Å². The van der Waals surface area contributed by atoms with Gasteiger partial charge < -0.3 is 19.0 Å². The Hall–Kier alpha value is -3.22. The molecule has 2 aromatic heterocycles. The lowest BCUT2D eigenvalue weighted by molar-refractivity contribution is 0.0639. The lowest BCUT2D eigenvalue weighted by Gasteiger charge is -2.40. The molecular weight excluding hydrogens is 356 g/mol. The zero-order chi connectivity index (χ0) is 19.5. The SMILES string of the molecule is COc1ccc(N2CCN(C(=O)c3ccc(Cn4cccn4)o3)[C@@H](C)C2)cc1. The fourth-order valence-corrected chi connectivity index (χ4v) is 3.56. The number of rotatable bonds is 5. The Balaban J connectivity index is 1.40. The van der Waals surface area contributed by atoms with Crippen molar-refractivity contribution in [2.75, 3.05) is 31.6 Å². The van der Waals surface area contributed by atoms with Gasteiger partial charge in [0.05, 0.1) is 13.7 Å². The van der Waals surface area contributed by atoms with Gasteiger partial charge in [-0.3, -0.25) is 9.48 Å². The normalized spacial score (nSPS) is 17.0. The molecule has 0 bridgehead atoms. The molecule has 0 N–H and O–H groups in total. The van der Waals surface area contributed by atoms with Crippen molar-refractivity contribution in [3.8, 4) is 5.75 Å². The Morgan fingerprint density at radius 3 is 2.71 bits per heavy atom. The highest BCUT2D eigenvalue weighted by molar-refractivity contribution is 5.92. The Labute approximate surface area is 164 Å². The molecule has 0 spiro atoms. The van der Waals surface area contributed by atoms with Crippen LogP contribution in [0.25, 0.3) is 0 Å². The predicted octanol–water partition coefficient (Wildman–Crippen LogP) is 2.88. The van der Waals surface area contributed by atoms with E-state index in [0.717, 1.165) is 30.3 Å². The van der Waals surface area contributed by atoms with Crippen LogP contribution in [-0.2, 0) is 6.54 Å². The number of nitrogens with zero attached hydrogens (tertiary/aromatic N) is 4. The molecule has 0 saturated carbocycles. The van der Waals surface area contributed by atoms with E-state index < -0.39 is 0 Å². The van der Waals surface area contributed by atoms with Gasteiger partial charge in [-0.2, -0.15) is 5.10 Å². The van der Waals surface area contributed by atoms with Crippen molar-refractivity contribution in [2.45, 2.75) is 19.5 Å². The average molecular weight is 380 g/mol. The average Bonchev–Trinajstić information content (AvgIpc) is 3.40. The van der Waals surface area contributed by atoms with E-state index in [1.807, 2.05) is 35.4 Å². The lowest BCUT2D eigenvalue weighted by Crippen LogP contribution is -2.54. The van der Waals surface area contributed by atoms with Crippen LogP contribution in [0.15, 0.2) is 59.3 Å². The van der Waals surface area contributed by atoms with Crippen LogP contribution >= 0.6 is 0 Å². The minimum absolute atomic E-state index is 0.0615. The standard InChI is InChI=1S/C21H24N4O3/c1-16-14-23(17-4-6-18(27-2)7-5-17)12-13-25(16)21(26)20-9-8-19(28-20)15-24-11-3-10-22-24/h3-11,16H,12-15H2,1-2H3/t16-/m0/s1. The highest BCUT2D eigenvalue weighted by atomic mass is 16.5. The van der Waals surface area contributed by atoms with E-state index in [1.54, 1.807) is 24.1 Å². The van der Waals surface area contributed by atoms with Gasteiger partial charge in [-0.15, -0.1) is 0 Å². The van der Waals surface area contributed by atoms with E-state index in [2.05, 4.69) is 29.1 Å². The molecule has 7 heteroatoms. The maximum atomic E-state index is 12.9. The summed E-state index contributed by atoms with van der Waals surface area (Å²) in [7, 11) is 1.66. The van der Waals surface area contributed by atoms with Gasteiger partial charge in [0.25, 0.3) is 5.91 Å². The molecule has 3 heterocycles. The van der Waals surface area contributed by atoms with Gasteiger partial charge in [-0.1, -0.05) is 0 Å². The Morgan fingerprint density at radius 1 is 1.21 bits per heavy atom. The van der Waals surface area contributed by atoms with Gasteiger partial charge in [-0.05, 0) is 49.4 Å². The van der Waals surface area contributed by atoms with Crippen LogP contribution in [0.3, 0.4) is 0 Å². The maximum Gasteiger partial charge on any atom is 0.289 e. The van der Waals surface area contributed by atoms with Crippen molar-refractivity contribution in [3.05, 3.63) is 66.4 Å². The summed E-state index contributed by atoms with van der Waals surface area (Å²) in [6.07, 6.45) is 3.59. The summed E-state index contributed by atoms with van der Waals surface area (Å²) in [6, 6.07) is 13.6. The monoisotopic (exact) mass is 380 g/mol. The van der Waals surface area contributed by atoms with Crippen molar-refractivity contribution < 1.29 is 13.9 Å². The Morgan fingerprint density at radius 2 is 2.04 bits per heavy atom. The predicted molar refractivity (Wildman–Crippen MR) is 106 cm³/mol. The molecule has 0 radical (unpaired) electrons. The molecule has 28 heavy (non-hydrogen) atoms. The number of ether oxygens (including phenoxy) is 1. The molecule has 1 atom stereocenters. The summed E-state index contributed by atoms with van der Waals surface area (Å²) in [5.74, 6) is 1.88. The topological polar surface area (TPSA) is 63.7 Å². The number of aromatic nitrogens is 2. The van der Waals surface area contributed by atoms with Crippen molar-refractivity contribution in [3.63, 3.8) is 0 Å². The third kappa shape index (κ3) is 3.74. The van der Waals surface area contributed by atoms with Crippen LogP contribution in [0.2, 0.25) is 0 Å². The van der Waals surface area contributed by atoms with Crippen LogP contribution in [0.1, 0.15) is 23.2 Å². The number of furan rings is 1. The summed E-state index contributed by atoms with van der Waals surface area (Å²) in [6.45, 7) is 4.80. The number of hydrogen-bond donors (Lipinski definition) is 0. The smallest absolute Gasteiger partial charge is 0.289 e. The molecule has 3 aromatic rings. The number of carbonyl (C=O) groups excluding carboxylic acids is 1. The molecule has 7 nitrogen and oxygen atoms in total. The number of anilines is 1. The highest BCUT2D eigenvalue weighted by Crippen LogP contribution is 2.23. The first kappa shape index (κ1) is 18.2. The minimum atomic E-state index is -0.0615. The third-order valence-electron chi connectivity index (χ3n) is 5.08. The molecular formula is C21H24N4O3. The first-order chi connectivity index (χ1) is 13.6. The van der Waals surface area contributed by atoms with Crippen molar-refractivity contribution in [1.29, 1.82) is 0 Å². The summed E-state index contributed by atoms with van der Waals surface area (Å²) >= 11 is 0. The number of methoxy groups -OCH3 is 1. The molecule has 1 fully saturated rings. The van der Waals surface area contributed by atoms with Crippen LogP contribution in [0.5, 0.6) is 5.75 Å². The van der Waals surface area contributed by atoms with E-state index in [4.69, 9.17) is 9.15 Å². The number of carbonyl (C=O) groups is 1. The first-order valence-electron chi connectivity index (χ1n) is 9.40. The molecule has 1 aromatic carbocycles. The van der Waals surface area contributed by atoms with Gasteiger partial charge in [0, 0.05) is 43.8 Å². The first-order valence-corrected chi connectivity index (χ1v) is 9.40. The fourth-order valence-electron chi connectivity index (χ4n) is 3.56. The molecule has 1 aliphatic heterocycles. The number of benzene rings is 1. The number of piperazine rings is 1. The third-order valence-corrected chi connectivity index (χ3v) is 5.08. The van der Waals surface area contributed by atoms with E-state index in [9.17, 15) is 4.79 Å². The van der Waals surface area contributed by atoms with E-state index in [0.29, 0.717) is 18.8 Å². The van der Waals surface area contributed by atoms with Gasteiger partial charge in [0.2, 0.25) is 0 Å². The number of amides is 1. The largest absolute Gasteiger partial charge is 0.497 e. The second-order valence-corrected chi connectivity index (χ2v) is 6.96. The Kier molecular flexibility index (Phi) is 5.06. The van der Waals surface area contributed by atoms with E-state index >= 15 is 0 Å². The quantitative estimate of drug-likeness (QED) is 0.681. The van der Waals surface area contributed by atoms with Gasteiger partial charge >= 0.3 is 0 Å². The molecule has 0 unspecified atom stereocenters. The van der Waals surface area contributed by atoms with Gasteiger partial charge in [0.1, 0.15) is 11.5 Å². The molecule has 1 aliphatic rings. The van der Waals surface area contributed by atoms with Crippen LogP contribution in [0, 0.1) is 0 Å². The molecule has 1 amide bonds. The molecule has 4 rings (SSSR count). The summed E-state index contributed by atoms with van der Waals surface area (Å²) < 4.78 is 12.8.